The van der Waals surface area contributed by atoms with E-state index in [2.05, 4.69) is 37.4 Å². The van der Waals surface area contributed by atoms with Crippen LogP contribution in [0.25, 0.3) is 0 Å². The van der Waals surface area contributed by atoms with Gasteiger partial charge in [-0.15, -0.1) is 0 Å². The molecule has 0 aromatic rings. The lowest BCUT2D eigenvalue weighted by atomic mass is 10.1. The van der Waals surface area contributed by atoms with Crippen molar-refractivity contribution in [3.8, 4) is 0 Å². The molecule has 0 aromatic carbocycles. The second-order valence-corrected chi connectivity index (χ2v) is 4.68. The van der Waals surface area contributed by atoms with Gasteiger partial charge in [-0.1, -0.05) is 42.9 Å². The Morgan fingerprint density at radius 2 is 1.84 bits per heavy atom. The van der Waals surface area contributed by atoms with Crippen molar-refractivity contribution in [2.24, 2.45) is 0 Å². The smallest absolute Gasteiger partial charge is 0.318 e. The highest BCUT2D eigenvalue weighted by Gasteiger charge is 2.21. The molecular weight excluding hydrogens is 236 g/mol. The van der Waals surface area contributed by atoms with E-state index in [9.17, 15) is 4.79 Å². The number of hydrogen-bond donors (Lipinski definition) is 1. The molecule has 0 radical (unpaired) electrons. The number of urea groups is 1. The summed E-state index contributed by atoms with van der Waals surface area (Å²) in [5.41, 5.74) is 1.23. The molecule has 2 unspecified atom stereocenters. The van der Waals surface area contributed by atoms with E-state index in [1.807, 2.05) is 37.8 Å². The zero-order valence-corrected chi connectivity index (χ0v) is 13.1. The normalized spacial score (nSPS) is 15.8. The molecule has 108 valence electrons. The standard InChI is InChI=1S/C16H28N2O/c1-7-9-13(3)11-12-15(5)18(16(19)17-6)14(4)10-8-2/h8-12,14-15H,7H2,1-6H3,(H,17,19)/b10-8-,12-11+,13-9-. The minimum atomic E-state index is -0.0557. The van der Waals surface area contributed by atoms with Crippen molar-refractivity contribution in [3.05, 3.63) is 36.0 Å². The molecule has 0 aliphatic heterocycles. The van der Waals surface area contributed by atoms with Crippen LogP contribution in [-0.4, -0.2) is 30.1 Å². The van der Waals surface area contributed by atoms with E-state index < -0.39 is 0 Å². The molecule has 0 fully saturated rings. The topological polar surface area (TPSA) is 32.3 Å². The fourth-order valence-corrected chi connectivity index (χ4v) is 2.01. The summed E-state index contributed by atoms with van der Waals surface area (Å²) in [6, 6.07) is 0.0614. The maximum Gasteiger partial charge on any atom is 0.318 e. The molecule has 0 rings (SSSR count). The molecule has 0 aliphatic rings. The van der Waals surface area contributed by atoms with Gasteiger partial charge in [-0.2, -0.15) is 0 Å². The Hall–Kier alpha value is -1.51. The minimum Gasteiger partial charge on any atom is -0.341 e. The number of nitrogens with one attached hydrogen (secondary N) is 1. The van der Waals surface area contributed by atoms with Crippen molar-refractivity contribution >= 4 is 6.03 Å². The molecular formula is C16H28N2O. The first-order valence-electron chi connectivity index (χ1n) is 6.95. The average molecular weight is 264 g/mol. The van der Waals surface area contributed by atoms with Crippen LogP contribution in [0.2, 0.25) is 0 Å². The van der Waals surface area contributed by atoms with Gasteiger partial charge in [0.2, 0.25) is 0 Å². The molecule has 2 atom stereocenters. The number of carbonyl (C=O) groups is 1. The van der Waals surface area contributed by atoms with Crippen LogP contribution in [-0.2, 0) is 0 Å². The predicted molar refractivity (Wildman–Crippen MR) is 83.2 cm³/mol. The zero-order chi connectivity index (χ0) is 14.8. The molecule has 0 aliphatic carbocycles. The van der Waals surface area contributed by atoms with E-state index in [0.29, 0.717) is 0 Å². The van der Waals surface area contributed by atoms with Crippen LogP contribution >= 0.6 is 0 Å². The third-order valence-corrected chi connectivity index (χ3v) is 2.96. The van der Waals surface area contributed by atoms with Gasteiger partial charge in [-0.25, -0.2) is 4.79 Å². The van der Waals surface area contributed by atoms with Crippen molar-refractivity contribution in [2.75, 3.05) is 7.05 Å². The van der Waals surface area contributed by atoms with Gasteiger partial charge < -0.3 is 10.2 Å². The summed E-state index contributed by atoms with van der Waals surface area (Å²) < 4.78 is 0. The molecule has 0 heterocycles. The van der Waals surface area contributed by atoms with E-state index in [4.69, 9.17) is 0 Å². The van der Waals surface area contributed by atoms with Crippen molar-refractivity contribution in [1.82, 2.24) is 10.2 Å². The number of allylic oxidation sites excluding steroid dienone is 4. The number of rotatable bonds is 6. The molecule has 19 heavy (non-hydrogen) atoms. The fourth-order valence-electron chi connectivity index (χ4n) is 2.01. The molecule has 0 spiro atoms. The molecule has 0 aromatic heterocycles. The summed E-state index contributed by atoms with van der Waals surface area (Å²) in [7, 11) is 1.66. The lowest BCUT2D eigenvalue weighted by molar-refractivity contribution is 0.181. The summed E-state index contributed by atoms with van der Waals surface area (Å²) in [4.78, 5) is 13.8. The van der Waals surface area contributed by atoms with Crippen LogP contribution in [0.1, 0.15) is 41.0 Å². The highest BCUT2D eigenvalue weighted by atomic mass is 16.2. The minimum absolute atomic E-state index is 0.0476. The second kappa shape index (κ2) is 9.42. The number of carbonyl (C=O) groups excluding carboxylic acids is 1. The van der Waals surface area contributed by atoms with E-state index in [1.165, 1.54) is 5.57 Å². The summed E-state index contributed by atoms with van der Waals surface area (Å²) in [5, 5.41) is 2.70. The SMILES string of the molecule is C/C=C\C(C)N(C(=O)NC)C(C)/C=C/C(C)=C\CC. The summed E-state index contributed by atoms with van der Waals surface area (Å²) in [6.45, 7) is 10.2. The Balaban J connectivity index is 4.96. The summed E-state index contributed by atoms with van der Waals surface area (Å²) in [5.74, 6) is 0. The highest BCUT2D eigenvalue weighted by Crippen LogP contribution is 2.10. The Kier molecular flexibility index (Phi) is 8.68. The van der Waals surface area contributed by atoms with Crippen LogP contribution in [0.15, 0.2) is 36.0 Å². The number of nitrogens with zero attached hydrogens (tertiary/aromatic N) is 1. The van der Waals surface area contributed by atoms with Crippen molar-refractivity contribution in [1.29, 1.82) is 0 Å². The van der Waals surface area contributed by atoms with E-state index >= 15 is 0 Å². The second-order valence-electron chi connectivity index (χ2n) is 4.68. The van der Waals surface area contributed by atoms with Crippen molar-refractivity contribution < 1.29 is 4.79 Å². The average Bonchev–Trinajstić information content (AvgIpc) is 2.37. The van der Waals surface area contributed by atoms with E-state index in [-0.39, 0.29) is 18.1 Å². The lowest BCUT2D eigenvalue weighted by Crippen LogP contribution is -2.47. The maximum atomic E-state index is 12.0. The molecule has 0 bridgehead atoms. The Bertz CT molecular complexity index is 356. The first-order chi connectivity index (χ1) is 8.97. The first-order valence-corrected chi connectivity index (χ1v) is 6.95. The van der Waals surface area contributed by atoms with Gasteiger partial charge in [-0.05, 0) is 34.1 Å². The maximum absolute atomic E-state index is 12.0. The van der Waals surface area contributed by atoms with E-state index in [0.717, 1.165) is 6.42 Å². The van der Waals surface area contributed by atoms with Gasteiger partial charge in [0.05, 0.1) is 0 Å². The largest absolute Gasteiger partial charge is 0.341 e. The number of amides is 2. The third kappa shape index (κ3) is 6.27. The van der Waals surface area contributed by atoms with Gasteiger partial charge in [0, 0.05) is 19.1 Å². The molecule has 3 nitrogen and oxygen atoms in total. The Morgan fingerprint density at radius 3 is 2.32 bits per heavy atom. The Labute approximate surface area is 118 Å². The molecule has 1 N–H and O–H groups in total. The molecule has 0 saturated carbocycles. The summed E-state index contributed by atoms with van der Waals surface area (Å²) >= 11 is 0. The van der Waals surface area contributed by atoms with Gasteiger partial charge in [-0.3, -0.25) is 0 Å². The quantitative estimate of drug-likeness (QED) is 0.573. The van der Waals surface area contributed by atoms with Crippen LogP contribution < -0.4 is 5.32 Å². The van der Waals surface area contributed by atoms with Gasteiger partial charge in [0.1, 0.15) is 0 Å². The lowest BCUT2D eigenvalue weighted by Gasteiger charge is -2.31. The zero-order valence-electron chi connectivity index (χ0n) is 13.1. The summed E-state index contributed by atoms with van der Waals surface area (Å²) in [6.07, 6.45) is 11.3. The highest BCUT2D eigenvalue weighted by molar-refractivity contribution is 5.75. The van der Waals surface area contributed by atoms with Crippen LogP contribution in [0, 0.1) is 0 Å². The van der Waals surface area contributed by atoms with Crippen LogP contribution in [0.4, 0.5) is 4.79 Å². The van der Waals surface area contributed by atoms with Gasteiger partial charge >= 0.3 is 6.03 Å². The third-order valence-electron chi connectivity index (χ3n) is 2.96. The predicted octanol–water partition coefficient (Wildman–Crippen LogP) is 3.89. The monoisotopic (exact) mass is 264 g/mol. The Morgan fingerprint density at radius 1 is 1.26 bits per heavy atom. The molecule has 3 heteroatoms. The number of hydrogen-bond acceptors (Lipinski definition) is 1. The molecule has 0 saturated heterocycles. The van der Waals surface area contributed by atoms with Crippen LogP contribution in [0.5, 0.6) is 0 Å². The fraction of sp³-hybridized carbons (Fsp3) is 0.562. The van der Waals surface area contributed by atoms with Gasteiger partial charge in [0.25, 0.3) is 0 Å². The first kappa shape index (κ1) is 17.5. The van der Waals surface area contributed by atoms with Gasteiger partial charge in [0.15, 0.2) is 0 Å². The van der Waals surface area contributed by atoms with Crippen LogP contribution in [0.3, 0.4) is 0 Å². The van der Waals surface area contributed by atoms with Crippen molar-refractivity contribution in [3.63, 3.8) is 0 Å². The van der Waals surface area contributed by atoms with E-state index in [1.54, 1.807) is 7.05 Å². The molecule has 2 amide bonds. The van der Waals surface area contributed by atoms with Crippen molar-refractivity contribution in [2.45, 2.75) is 53.1 Å².